The molecule has 0 bridgehead atoms. The zero-order valence-electron chi connectivity index (χ0n) is 10.8. The van der Waals surface area contributed by atoms with E-state index in [1.54, 1.807) is 23.5 Å². The van der Waals surface area contributed by atoms with E-state index in [1.165, 1.54) is 17.8 Å². The van der Waals surface area contributed by atoms with E-state index < -0.39 is 0 Å². The molecular formula is C15H10FN3S2. The summed E-state index contributed by atoms with van der Waals surface area (Å²) in [5.74, 6) is 0.124. The molecule has 0 aliphatic rings. The number of nitrogen functional groups attached to an aromatic ring is 1. The van der Waals surface area contributed by atoms with Gasteiger partial charge in [-0.3, -0.25) is 0 Å². The molecule has 2 N–H and O–H groups in total. The summed E-state index contributed by atoms with van der Waals surface area (Å²) in [6.45, 7) is 0. The number of thiazole rings is 1. The number of hydrogen-bond donors (Lipinski definition) is 1. The molecule has 0 aliphatic heterocycles. The van der Waals surface area contributed by atoms with Gasteiger partial charge in [-0.1, -0.05) is 17.8 Å². The Bertz CT molecular complexity index is 852. The van der Waals surface area contributed by atoms with E-state index in [0.29, 0.717) is 22.6 Å². The summed E-state index contributed by atoms with van der Waals surface area (Å²) >= 11 is 3.02. The predicted octanol–water partition coefficient (Wildman–Crippen LogP) is 4.18. The fourth-order valence-electron chi connectivity index (χ4n) is 1.86. The van der Waals surface area contributed by atoms with Crippen molar-refractivity contribution in [2.75, 3.05) is 5.73 Å². The summed E-state index contributed by atoms with van der Waals surface area (Å²) in [6.07, 6.45) is 0. The van der Waals surface area contributed by atoms with Crippen molar-refractivity contribution in [1.29, 1.82) is 5.26 Å². The highest BCUT2D eigenvalue weighted by Gasteiger charge is 2.08. The Morgan fingerprint density at radius 1 is 1.29 bits per heavy atom. The molecule has 21 heavy (non-hydrogen) atoms. The summed E-state index contributed by atoms with van der Waals surface area (Å²) in [7, 11) is 0. The Morgan fingerprint density at radius 2 is 2.14 bits per heavy atom. The zero-order chi connectivity index (χ0) is 14.8. The Hall–Kier alpha value is -2.10. The second-order valence-corrected chi connectivity index (χ2v) is 6.67. The van der Waals surface area contributed by atoms with Gasteiger partial charge in [0.1, 0.15) is 5.82 Å². The van der Waals surface area contributed by atoms with Gasteiger partial charge in [-0.15, -0.1) is 11.3 Å². The van der Waals surface area contributed by atoms with Gasteiger partial charge < -0.3 is 5.73 Å². The number of thioether (sulfide) groups is 1. The molecular weight excluding hydrogens is 305 g/mol. The Kier molecular flexibility index (Phi) is 3.78. The molecule has 6 heteroatoms. The molecule has 1 aromatic heterocycles. The molecule has 3 rings (SSSR count). The molecule has 3 aromatic rings. The Morgan fingerprint density at radius 3 is 2.90 bits per heavy atom. The number of fused-ring (bicyclic) bond motifs is 1. The Labute approximate surface area is 129 Å². The largest absolute Gasteiger partial charge is 0.399 e. The average Bonchev–Trinajstić information content (AvgIpc) is 2.87. The number of aromatic nitrogens is 1. The number of anilines is 1. The van der Waals surface area contributed by atoms with Gasteiger partial charge in [-0.2, -0.15) is 5.26 Å². The number of rotatable bonds is 3. The molecule has 0 aliphatic carbocycles. The first-order valence-corrected chi connectivity index (χ1v) is 7.93. The van der Waals surface area contributed by atoms with Gasteiger partial charge in [-0.25, -0.2) is 9.37 Å². The standard InChI is InChI=1S/C15H10FN3S2/c16-12-5-9(7-17)1-2-10(12)8-20-15-19-13-4-3-11(18)6-14(13)21-15/h1-6H,8,18H2. The maximum absolute atomic E-state index is 13.8. The van der Waals surface area contributed by atoms with Crippen LogP contribution in [-0.2, 0) is 5.75 Å². The molecule has 0 saturated carbocycles. The van der Waals surface area contributed by atoms with E-state index >= 15 is 0 Å². The number of nitrogens with zero attached hydrogens (tertiary/aromatic N) is 2. The molecule has 1 heterocycles. The van der Waals surface area contributed by atoms with Crippen molar-refractivity contribution < 1.29 is 4.39 Å². The van der Waals surface area contributed by atoms with Crippen molar-refractivity contribution in [2.24, 2.45) is 0 Å². The number of halogens is 1. The number of nitrogens with two attached hydrogens (primary N) is 1. The average molecular weight is 315 g/mol. The van der Waals surface area contributed by atoms with E-state index in [-0.39, 0.29) is 5.82 Å². The zero-order valence-corrected chi connectivity index (χ0v) is 12.5. The van der Waals surface area contributed by atoms with Crippen LogP contribution in [0.25, 0.3) is 10.2 Å². The highest BCUT2D eigenvalue weighted by molar-refractivity contribution is 8.00. The first-order valence-electron chi connectivity index (χ1n) is 6.13. The van der Waals surface area contributed by atoms with Crippen LogP contribution in [0.2, 0.25) is 0 Å². The minimum absolute atomic E-state index is 0.330. The molecule has 0 fully saturated rings. The summed E-state index contributed by atoms with van der Waals surface area (Å²) < 4.78 is 15.7. The molecule has 104 valence electrons. The first-order chi connectivity index (χ1) is 10.2. The third-order valence-electron chi connectivity index (χ3n) is 2.93. The quantitative estimate of drug-likeness (QED) is 0.581. The molecule has 0 saturated heterocycles. The van der Waals surface area contributed by atoms with Crippen molar-refractivity contribution in [3.8, 4) is 6.07 Å². The number of nitriles is 1. The van der Waals surface area contributed by atoms with Gasteiger partial charge in [-0.05, 0) is 35.9 Å². The van der Waals surface area contributed by atoms with Crippen LogP contribution >= 0.6 is 23.1 Å². The van der Waals surface area contributed by atoms with Crippen LogP contribution in [-0.4, -0.2) is 4.98 Å². The van der Waals surface area contributed by atoms with Gasteiger partial charge in [0.15, 0.2) is 4.34 Å². The molecule has 0 radical (unpaired) electrons. The second kappa shape index (κ2) is 5.72. The maximum atomic E-state index is 13.8. The second-order valence-electron chi connectivity index (χ2n) is 4.41. The number of hydrogen-bond acceptors (Lipinski definition) is 5. The van der Waals surface area contributed by atoms with Gasteiger partial charge in [0.2, 0.25) is 0 Å². The summed E-state index contributed by atoms with van der Waals surface area (Å²) in [6, 6.07) is 12.0. The molecule has 3 nitrogen and oxygen atoms in total. The molecule has 0 amide bonds. The molecule has 0 unspecified atom stereocenters. The summed E-state index contributed by atoms with van der Waals surface area (Å²) in [5, 5.41) is 8.72. The minimum atomic E-state index is -0.355. The van der Waals surface area contributed by atoms with Crippen LogP contribution in [0.3, 0.4) is 0 Å². The number of benzene rings is 2. The SMILES string of the molecule is N#Cc1ccc(CSc2nc3ccc(N)cc3s2)c(F)c1. The van der Waals surface area contributed by atoms with Crippen LogP contribution < -0.4 is 5.73 Å². The van der Waals surface area contributed by atoms with E-state index in [2.05, 4.69) is 4.98 Å². The van der Waals surface area contributed by atoms with Crippen molar-refractivity contribution in [3.63, 3.8) is 0 Å². The van der Waals surface area contributed by atoms with Crippen LogP contribution in [0.5, 0.6) is 0 Å². The topological polar surface area (TPSA) is 62.7 Å². The highest BCUT2D eigenvalue weighted by Crippen LogP contribution is 2.32. The van der Waals surface area contributed by atoms with Crippen molar-refractivity contribution in [3.05, 3.63) is 53.3 Å². The van der Waals surface area contributed by atoms with E-state index in [0.717, 1.165) is 14.6 Å². The first kappa shape index (κ1) is 13.9. The lowest BCUT2D eigenvalue weighted by Gasteiger charge is -2.01. The third kappa shape index (κ3) is 2.99. The van der Waals surface area contributed by atoms with Crippen LogP contribution in [0.1, 0.15) is 11.1 Å². The van der Waals surface area contributed by atoms with E-state index in [1.807, 2.05) is 24.3 Å². The lowest BCUT2D eigenvalue weighted by molar-refractivity contribution is 0.617. The minimum Gasteiger partial charge on any atom is -0.399 e. The fourth-order valence-corrected chi connectivity index (χ4v) is 3.96. The fraction of sp³-hybridized carbons (Fsp3) is 0.0667. The van der Waals surface area contributed by atoms with E-state index in [9.17, 15) is 4.39 Å². The van der Waals surface area contributed by atoms with Gasteiger partial charge in [0.25, 0.3) is 0 Å². The highest BCUT2D eigenvalue weighted by atomic mass is 32.2. The molecule has 0 atom stereocenters. The maximum Gasteiger partial charge on any atom is 0.151 e. The van der Waals surface area contributed by atoms with Gasteiger partial charge in [0, 0.05) is 11.4 Å². The van der Waals surface area contributed by atoms with Gasteiger partial charge in [0.05, 0.1) is 21.8 Å². The van der Waals surface area contributed by atoms with Crippen molar-refractivity contribution in [1.82, 2.24) is 4.98 Å². The Balaban J connectivity index is 1.78. The smallest absolute Gasteiger partial charge is 0.151 e. The van der Waals surface area contributed by atoms with Crippen LogP contribution in [0.15, 0.2) is 40.7 Å². The van der Waals surface area contributed by atoms with Gasteiger partial charge >= 0.3 is 0 Å². The predicted molar refractivity (Wildman–Crippen MR) is 84.7 cm³/mol. The lowest BCUT2D eigenvalue weighted by atomic mass is 10.1. The third-order valence-corrected chi connectivity index (χ3v) is 5.14. The van der Waals surface area contributed by atoms with Crippen LogP contribution in [0.4, 0.5) is 10.1 Å². The molecule has 0 spiro atoms. The summed E-state index contributed by atoms with van der Waals surface area (Å²) in [5.41, 5.74) is 8.25. The van der Waals surface area contributed by atoms with Crippen LogP contribution in [0, 0.1) is 17.1 Å². The monoisotopic (exact) mass is 315 g/mol. The van der Waals surface area contributed by atoms with E-state index in [4.69, 9.17) is 11.0 Å². The molecule has 2 aromatic carbocycles. The lowest BCUT2D eigenvalue weighted by Crippen LogP contribution is -1.88. The summed E-state index contributed by atoms with van der Waals surface area (Å²) in [4.78, 5) is 4.48. The normalized spacial score (nSPS) is 10.7. The van der Waals surface area contributed by atoms with Crippen molar-refractivity contribution >= 4 is 39.0 Å². The van der Waals surface area contributed by atoms with Crippen molar-refractivity contribution in [2.45, 2.75) is 10.1 Å².